The van der Waals surface area contributed by atoms with Crippen LogP contribution in [0.25, 0.3) is 0 Å². The van der Waals surface area contributed by atoms with E-state index in [4.69, 9.17) is 22.1 Å². The lowest BCUT2D eigenvalue weighted by Crippen LogP contribution is -2.31. The first-order valence-corrected chi connectivity index (χ1v) is 7.95. The van der Waals surface area contributed by atoms with Crippen LogP contribution in [0.1, 0.15) is 34.8 Å². The Morgan fingerprint density at radius 2 is 2.00 bits per heavy atom. The van der Waals surface area contributed by atoms with E-state index in [1.807, 2.05) is 25.1 Å². The molecular formula is C16H20ClNOS. The van der Waals surface area contributed by atoms with E-state index in [1.54, 1.807) is 11.3 Å². The van der Waals surface area contributed by atoms with Gasteiger partial charge in [-0.3, -0.25) is 0 Å². The Hall–Kier alpha value is -1.03. The smallest absolute Gasteiger partial charge is 0.148 e. The van der Waals surface area contributed by atoms with Gasteiger partial charge in [-0.2, -0.15) is 0 Å². The number of hydrogen-bond acceptors (Lipinski definition) is 3. The number of rotatable bonds is 5. The van der Waals surface area contributed by atoms with Gasteiger partial charge in [0, 0.05) is 20.8 Å². The van der Waals surface area contributed by atoms with E-state index in [0.29, 0.717) is 5.02 Å². The summed E-state index contributed by atoms with van der Waals surface area (Å²) in [5, 5.41) is 0.678. The Balaban J connectivity index is 2.30. The zero-order chi connectivity index (χ0) is 14.7. The van der Waals surface area contributed by atoms with E-state index in [2.05, 4.69) is 26.0 Å². The maximum absolute atomic E-state index is 6.24. The van der Waals surface area contributed by atoms with E-state index in [-0.39, 0.29) is 12.1 Å². The highest BCUT2D eigenvalue weighted by Gasteiger charge is 2.22. The largest absolute Gasteiger partial charge is 0.483 e. The van der Waals surface area contributed by atoms with E-state index in [9.17, 15) is 0 Å². The van der Waals surface area contributed by atoms with Crippen LogP contribution in [0.2, 0.25) is 5.02 Å². The third-order valence-corrected chi connectivity index (χ3v) is 4.60. The van der Waals surface area contributed by atoms with Gasteiger partial charge in [0.1, 0.15) is 11.9 Å². The van der Waals surface area contributed by atoms with Gasteiger partial charge in [0.25, 0.3) is 0 Å². The van der Waals surface area contributed by atoms with Gasteiger partial charge in [0.15, 0.2) is 0 Å². The minimum absolute atomic E-state index is 0.0357. The second kappa shape index (κ2) is 6.61. The summed E-state index contributed by atoms with van der Waals surface area (Å²) in [6, 6.07) is 9.85. The van der Waals surface area contributed by atoms with E-state index in [0.717, 1.165) is 22.6 Å². The molecule has 2 N–H and O–H groups in total. The van der Waals surface area contributed by atoms with Crippen molar-refractivity contribution in [2.24, 2.45) is 5.73 Å². The minimum atomic E-state index is -0.129. The molecule has 0 amide bonds. The molecule has 0 aliphatic rings. The molecule has 108 valence electrons. The van der Waals surface area contributed by atoms with Gasteiger partial charge in [-0.1, -0.05) is 24.6 Å². The number of benzene rings is 1. The summed E-state index contributed by atoms with van der Waals surface area (Å²) in [4.78, 5) is 2.43. The molecular weight excluding hydrogens is 290 g/mol. The van der Waals surface area contributed by atoms with Crippen LogP contribution in [-0.4, -0.2) is 6.04 Å². The van der Waals surface area contributed by atoms with Crippen molar-refractivity contribution in [2.45, 2.75) is 39.3 Å². The molecule has 2 atom stereocenters. The summed E-state index contributed by atoms with van der Waals surface area (Å²) in [7, 11) is 0. The summed E-state index contributed by atoms with van der Waals surface area (Å²) in [6.07, 6.45) is 0.734. The number of halogens is 1. The Labute approximate surface area is 129 Å². The predicted octanol–water partition coefficient (Wildman–Crippen LogP) is 4.88. The minimum Gasteiger partial charge on any atom is -0.483 e. The van der Waals surface area contributed by atoms with Crippen LogP contribution in [0, 0.1) is 13.8 Å². The fourth-order valence-electron chi connectivity index (χ4n) is 2.01. The van der Waals surface area contributed by atoms with Gasteiger partial charge >= 0.3 is 0 Å². The molecule has 2 nitrogen and oxygen atoms in total. The van der Waals surface area contributed by atoms with Crippen LogP contribution in [-0.2, 0) is 0 Å². The van der Waals surface area contributed by atoms with Crippen molar-refractivity contribution in [2.75, 3.05) is 0 Å². The van der Waals surface area contributed by atoms with Crippen molar-refractivity contribution in [1.82, 2.24) is 0 Å². The van der Waals surface area contributed by atoms with Crippen molar-refractivity contribution in [3.63, 3.8) is 0 Å². The van der Waals surface area contributed by atoms with Crippen LogP contribution in [0.5, 0.6) is 5.75 Å². The molecule has 0 saturated heterocycles. The summed E-state index contributed by atoms with van der Waals surface area (Å²) in [6.45, 7) is 6.18. The van der Waals surface area contributed by atoms with Crippen molar-refractivity contribution in [3.8, 4) is 5.75 Å². The lowest BCUT2D eigenvalue weighted by Gasteiger charge is -2.24. The first-order chi connectivity index (χ1) is 9.51. The van der Waals surface area contributed by atoms with Crippen LogP contribution in [0.15, 0.2) is 30.3 Å². The average molecular weight is 310 g/mol. The molecule has 0 spiro atoms. The molecule has 0 radical (unpaired) electrons. The number of hydrogen-bond donors (Lipinski definition) is 1. The van der Waals surface area contributed by atoms with E-state index in [1.165, 1.54) is 4.88 Å². The molecule has 1 aromatic heterocycles. The highest BCUT2D eigenvalue weighted by Crippen LogP contribution is 2.33. The molecule has 2 rings (SSSR count). The quantitative estimate of drug-likeness (QED) is 0.854. The fraction of sp³-hybridized carbons (Fsp3) is 0.375. The van der Waals surface area contributed by atoms with Crippen LogP contribution < -0.4 is 10.5 Å². The lowest BCUT2D eigenvalue weighted by molar-refractivity contribution is 0.173. The zero-order valence-electron chi connectivity index (χ0n) is 12.0. The molecule has 2 aromatic rings. The highest BCUT2D eigenvalue weighted by atomic mass is 35.5. The zero-order valence-corrected chi connectivity index (χ0v) is 13.6. The molecule has 4 heteroatoms. The lowest BCUT2D eigenvalue weighted by atomic mass is 10.1. The van der Waals surface area contributed by atoms with Crippen molar-refractivity contribution >= 4 is 22.9 Å². The Bertz CT molecular complexity index is 582. The summed E-state index contributed by atoms with van der Waals surface area (Å²) < 4.78 is 6.18. The molecule has 0 saturated carbocycles. The number of nitrogens with two attached hydrogens (primary N) is 1. The molecule has 0 aliphatic heterocycles. The van der Waals surface area contributed by atoms with Crippen LogP contribution >= 0.6 is 22.9 Å². The second-order valence-electron chi connectivity index (χ2n) is 4.97. The summed E-state index contributed by atoms with van der Waals surface area (Å²) in [5.41, 5.74) is 7.31. The van der Waals surface area contributed by atoms with E-state index < -0.39 is 0 Å². The van der Waals surface area contributed by atoms with Gasteiger partial charge < -0.3 is 10.5 Å². The van der Waals surface area contributed by atoms with Crippen LogP contribution in [0.3, 0.4) is 0 Å². The third kappa shape index (κ3) is 3.54. The normalized spacial score (nSPS) is 14.1. The number of ether oxygens (including phenoxy) is 1. The first kappa shape index (κ1) is 15.4. The Morgan fingerprint density at radius 3 is 2.60 bits per heavy atom. The third-order valence-electron chi connectivity index (χ3n) is 3.31. The highest BCUT2D eigenvalue weighted by molar-refractivity contribution is 7.12. The van der Waals surface area contributed by atoms with Crippen LogP contribution in [0.4, 0.5) is 0 Å². The van der Waals surface area contributed by atoms with Gasteiger partial charge in [-0.15, -0.1) is 11.3 Å². The molecule has 2 unspecified atom stereocenters. The maximum atomic E-state index is 6.24. The van der Waals surface area contributed by atoms with Gasteiger partial charge in [0.05, 0.1) is 0 Å². The Morgan fingerprint density at radius 1 is 1.25 bits per heavy atom. The molecule has 1 heterocycles. The topological polar surface area (TPSA) is 35.2 Å². The van der Waals surface area contributed by atoms with Crippen molar-refractivity contribution < 1.29 is 4.74 Å². The van der Waals surface area contributed by atoms with Gasteiger partial charge in [0.2, 0.25) is 0 Å². The fourth-order valence-corrected chi connectivity index (χ4v) is 3.16. The Kier molecular flexibility index (Phi) is 5.08. The maximum Gasteiger partial charge on any atom is 0.148 e. The molecule has 1 aromatic carbocycles. The van der Waals surface area contributed by atoms with E-state index >= 15 is 0 Å². The molecule has 20 heavy (non-hydrogen) atoms. The summed E-state index contributed by atoms with van der Waals surface area (Å²) >= 11 is 7.79. The monoisotopic (exact) mass is 309 g/mol. The molecule has 0 aliphatic carbocycles. The first-order valence-electron chi connectivity index (χ1n) is 6.76. The number of thiophene rings is 1. The van der Waals surface area contributed by atoms with Crippen molar-refractivity contribution in [1.29, 1.82) is 0 Å². The number of aryl methyl sites for hydroxylation is 2. The van der Waals surface area contributed by atoms with Gasteiger partial charge in [-0.25, -0.2) is 0 Å². The standard InChI is InChI=1S/C16H20ClNOS/c1-4-13(18)16(15-8-6-11(3)20-15)19-14-9-12(17)7-5-10(14)2/h5-9,13,16H,4,18H2,1-3H3. The summed E-state index contributed by atoms with van der Waals surface area (Å²) in [5.74, 6) is 0.803. The predicted molar refractivity (Wildman–Crippen MR) is 86.9 cm³/mol. The molecule has 0 fully saturated rings. The van der Waals surface area contributed by atoms with Crippen molar-refractivity contribution in [3.05, 3.63) is 50.7 Å². The molecule has 0 bridgehead atoms. The SMILES string of the molecule is CCC(N)C(Oc1cc(Cl)ccc1C)c1ccc(C)s1. The average Bonchev–Trinajstić information content (AvgIpc) is 2.85. The van der Waals surface area contributed by atoms with Gasteiger partial charge in [-0.05, 0) is 50.1 Å². The second-order valence-corrected chi connectivity index (χ2v) is 6.72.